The summed E-state index contributed by atoms with van der Waals surface area (Å²) in [7, 11) is -1.40. The number of hydrogen-bond donors (Lipinski definition) is 0. The monoisotopic (exact) mass is 339 g/mol. The van der Waals surface area contributed by atoms with Crippen molar-refractivity contribution >= 4 is 15.7 Å². The van der Waals surface area contributed by atoms with Gasteiger partial charge in [0.1, 0.15) is 9.84 Å². The molecule has 2 rings (SSSR count). The van der Waals surface area contributed by atoms with Gasteiger partial charge < -0.3 is 9.64 Å². The standard InChI is InChI=1S/C17H25NO4S/c1-22-16-8-10-18(17(19)9-11-23(2,20)21)13-15(16)12-14-6-4-3-5-7-14/h3-7,15-16H,8-13H2,1-2H3/t15-,16+/m1/s1. The van der Waals surface area contributed by atoms with Gasteiger partial charge in [-0.2, -0.15) is 0 Å². The van der Waals surface area contributed by atoms with Crippen LogP contribution in [0.15, 0.2) is 30.3 Å². The second kappa shape index (κ2) is 7.93. The molecule has 1 aromatic carbocycles. The lowest BCUT2D eigenvalue weighted by Gasteiger charge is -2.38. The molecule has 0 saturated carbocycles. The van der Waals surface area contributed by atoms with Crippen LogP contribution in [-0.2, 0) is 25.8 Å². The SMILES string of the molecule is CO[C@H]1CCN(C(=O)CCS(C)(=O)=O)C[C@H]1Cc1ccccc1. The molecule has 1 fully saturated rings. The summed E-state index contributed by atoms with van der Waals surface area (Å²) in [6.07, 6.45) is 3.01. The van der Waals surface area contributed by atoms with Crippen LogP contribution in [0.3, 0.4) is 0 Å². The van der Waals surface area contributed by atoms with Crippen molar-refractivity contribution in [1.82, 2.24) is 4.90 Å². The second-order valence-corrected chi connectivity index (χ2v) is 8.49. The van der Waals surface area contributed by atoms with Crippen LogP contribution < -0.4 is 0 Å². The fourth-order valence-corrected chi connectivity index (χ4v) is 3.64. The number of carbonyl (C=O) groups is 1. The molecular formula is C17H25NO4S. The maximum atomic E-state index is 12.3. The number of benzene rings is 1. The van der Waals surface area contributed by atoms with Crippen LogP contribution in [0.4, 0.5) is 0 Å². The number of nitrogens with zero attached hydrogens (tertiary/aromatic N) is 1. The zero-order valence-corrected chi connectivity index (χ0v) is 14.6. The third kappa shape index (κ3) is 5.62. The normalized spacial score (nSPS) is 22.1. The van der Waals surface area contributed by atoms with Crippen LogP contribution in [0, 0.1) is 5.92 Å². The number of sulfone groups is 1. The van der Waals surface area contributed by atoms with E-state index in [2.05, 4.69) is 12.1 Å². The van der Waals surface area contributed by atoms with E-state index < -0.39 is 9.84 Å². The predicted molar refractivity (Wildman–Crippen MR) is 90.0 cm³/mol. The topological polar surface area (TPSA) is 63.7 Å². The van der Waals surface area contributed by atoms with Crippen molar-refractivity contribution < 1.29 is 17.9 Å². The molecule has 0 spiro atoms. The van der Waals surface area contributed by atoms with Crippen LogP contribution in [-0.4, -0.2) is 57.5 Å². The molecule has 0 unspecified atom stereocenters. The summed E-state index contributed by atoms with van der Waals surface area (Å²) in [4.78, 5) is 14.0. The molecular weight excluding hydrogens is 314 g/mol. The van der Waals surface area contributed by atoms with Gasteiger partial charge in [0.05, 0.1) is 11.9 Å². The first-order chi connectivity index (χ1) is 10.9. The first-order valence-electron chi connectivity index (χ1n) is 7.91. The quantitative estimate of drug-likeness (QED) is 0.788. The predicted octanol–water partition coefficient (Wildman–Crippen LogP) is 1.53. The molecule has 0 aliphatic carbocycles. The van der Waals surface area contributed by atoms with Gasteiger partial charge in [0.2, 0.25) is 5.91 Å². The Morgan fingerprint density at radius 1 is 1.30 bits per heavy atom. The summed E-state index contributed by atoms with van der Waals surface area (Å²) in [5, 5.41) is 0. The molecule has 5 nitrogen and oxygen atoms in total. The molecule has 1 aromatic rings. The Balaban J connectivity index is 1.98. The molecule has 1 aliphatic rings. The number of hydrogen-bond acceptors (Lipinski definition) is 4. The van der Waals surface area contributed by atoms with E-state index in [-0.39, 0.29) is 30.1 Å². The lowest BCUT2D eigenvalue weighted by molar-refractivity contribution is -0.135. The Bertz CT molecular complexity index is 615. The molecule has 1 aliphatic heterocycles. The number of amides is 1. The first-order valence-corrected chi connectivity index (χ1v) is 9.97. The van der Waals surface area contributed by atoms with Crippen molar-refractivity contribution in [3.63, 3.8) is 0 Å². The fraction of sp³-hybridized carbons (Fsp3) is 0.588. The van der Waals surface area contributed by atoms with Crippen molar-refractivity contribution in [3.05, 3.63) is 35.9 Å². The third-order valence-electron chi connectivity index (χ3n) is 4.35. The Kier molecular flexibility index (Phi) is 6.18. The number of carbonyl (C=O) groups excluding carboxylic acids is 1. The van der Waals surface area contributed by atoms with E-state index >= 15 is 0 Å². The molecule has 23 heavy (non-hydrogen) atoms. The summed E-state index contributed by atoms with van der Waals surface area (Å²) in [6.45, 7) is 1.25. The molecule has 1 amide bonds. The van der Waals surface area contributed by atoms with Crippen molar-refractivity contribution in [3.8, 4) is 0 Å². The summed E-state index contributed by atoms with van der Waals surface area (Å²) in [5.41, 5.74) is 1.23. The van der Waals surface area contributed by atoms with E-state index in [0.717, 1.165) is 19.1 Å². The van der Waals surface area contributed by atoms with Gasteiger partial charge >= 0.3 is 0 Å². The van der Waals surface area contributed by atoms with Crippen LogP contribution in [0.2, 0.25) is 0 Å². The summed E-state index contributed by atoms with van der Waals surface area (Å²) < 4.78 is 28.0. The van der Waals surface area contributed by atoms with Gasteiger partial charge in [0.25, 0.3) is 0 Å². The van der Waals surface area contributed by atoms with Crippen LogP contribution >= 0.6 is 0 Å². The third-order valence-corrected chi connectivity index (χ3v) is 5.29. The molecule has 0 N–H and O–H groups in total. The Morgan fingerprint density at radius 2 is 2.00 bits per heavy atom. The number of methoxy groups -OCH3 is 1. The van der Waals surface area contributed by atoms with E-state index in [0.29, 0.717) is 13.1 Å². The van der Waals surface area contributed by atoms with E-state index in [1.165, 1.54) is 5.56 Å². The lowest BCUT2D eigenvalue weighted by atomic mass is 9.88. The highest BCUT2D eigenvalue weighted by Crippen LogP contribution is 2.24. The van der Waals surface area contributed by atoms with Gasteiger partial charge in [-0.05, 0) is 18.4 Å². The van der Waals surface area contributed by atoms with Gasteiger partial charge in [-0.15, -0.1) is 0 Å². The van der Waals surface area contributed by atoms with E-state index in [1.807, 2.05) is 18.2 Å². The number of likely N-dealkylation sites (tertiary alicyclic amines) is 1. The minimum atomic E-state index is -3.11. The summed E-state index contributed by atoms with van der Waals surface area (Å²) in [5.74, 6) is 0.0701. The van der Waals surface area contributed by atoms with E-state index in [1.54, 1.807) is 12.0 Å². The van der Waals surface area contributed by atoms with Crippen molar-refractivity contribution in [2.75, 3.05) is 32.2 Å². The van der Waals surface area contributed by atoms with Crippen molar-refractivity contribution in [2.45, 2.75) is 25.4 Å². The van der Waals surface area contributed by atoms with E-state index in [4.69, 9.17) is 4.74 Å². The largest absolute Gasteiger partial charge is 0.381 e. The smallest absolute Gasteiger partial charge is 0.223 e. The Hall–Kier alpha value is -1.40. The molecule has 0 aromatic heterocycles. The lowest BCUT2D eigenvalue weighted by Crippen LogP contribution is -2.47. The highest BCUT2D eigenvalue weighted by Gasteiger charge is 2.31. The second-order valence-electron chi connectivity index (χ2n) is 6.23. The molecule has 1 saturated heterocycles. The van der Waals surface area contributed by atoms with Gasteiger partial charge in [-0.1, -0.05) is 30.3 Å². The zero-order valence-electron chi connectivity index (χ0n) is 13.8. The van der Waals surface area contributed by atoms with Gasteiger partial charge in [0.15, 0.2) is 0 Å². The summed E-state index contributed by atoms with van der Waals surface area (Å²) >= 11 is 0. The maximum absolute atomic E-state index is 12.3. The van der Waals surface area contributed by atoms with Gasteiger partial charge in [-0.25, -0.2) is 8.42 Å². The molecule has 2 atom stereocenters. The molecule has 128 valence electrons. The highest BCUT2D eigenvalue weighted by atomic mass is 32.2. The van der Waals surface area contributed by atoms with Crippen LogP contribution in [0.25, 0.3) is 0 Å². The van der Waals surface area contributed by atoms with E-state index in [9.17, 15) is 13.2 Å². The molecule has 0 radical (unpaired) electrons. The number of piperidine rings is 1. The van der Waals surface area contributed by atoms with Crippen LogP contribution in [0.1, 0.15) is 18.4 Å². The summed E-state index contributed by atoms with van der Waals surface area (Å²) in [6, 6.07) is 10.2. The molecule has 6 heteroatoms. The number of rotatable bonds is 6. The van der Waals surface area contributed by atoms with Crippen molar-refractivity contribution in [2.24, 2.45) is 5.92 Å². The highest BCUT2D eigenvalue weighted by molar-refractivity contribution is 7.90. The van der Waals surface area contributed by atoms with Gasteiger partial charge in [-0.3, -0.25) is 4.79 Å². The van der Waals surface area contributed by atoms with Crippen LogP contribution in [0.5, 0.6) is 0 Å². The Morgan fingerprint density at radius 3 is 2.61 bits per heavy atom. The average Bonchev–Trinajstić information content (AvgIpc) is 2.53. The fourth-order valence-electron chi connectivity index (χ4n) is 3.09. The zero-order chi connectivity index (χ0) is 16.9. The minimum Gasteiger partial charge on any atom is -0.381 e. The average molecular weight is 339 g/mol. The maximum Gasteiger partial charge on any atom is 0.223 e. The minimum absolute atomic E-state index is 0.0640. The van der Waals surface area contributed by atoms with Crippen molar-refractivity contribution in [1.29, 1.82) is 0 Å². The first kappa shape index (κ1) is 17.9. The molecule has 0 bridgehead atoms. The number of ether oxygens (including phenoxy) is 1. The molecule has 1 heterocycles. The Labute approximate surface area is 138 Å². The van der Waals surface area contributed by atoms with Gasteiger partial charge in [0, 0.05) is 38.8 Å².